The predicted molar refractivity (Wildman–Crippen MR) is 117 cm³/mol. The van der Waals surface area contributed by atoms with Crippen molar-refractivity contribution in [1.82, 2.24) is 4.72 Å². The van der Waals surface area contributed by atoms with Crippen LogP contribution in [0.5, 0.6) is 0 Å². The number of sulfonamides is 1. The van der Waals surface area contributed by atoms with E-state index >= 15 is 0 Å². The molecular formula is C21H24ClN3O4S. The summed E-state index contributed by atoms with van der Waals surface area (Å²) in [4.78, 5) is 26.6. The highest BCUT2D eigenvalue weighted by Crippen LogP contribution is 2.27. The zero-order valence-corrected chi connectivity index (χ0v) is 18.5. The average Bonchev–Trinajstić information content (AvgIpc) is 3.03. The molecule has 3 rings (SSSR count). The largest absolute Gasteiger partial charge is 0.326 e. The number of benzene rings is 2. The molecule has 2 aromatic rings. The number of carbonyl (C=O) groups is 2. The minimum absolute atomic E-state index is 0.108. The quantitative estimate of drug-likeness (QED) is 0.731. The zero-order chi connectivity index (χ0) is 22.1. The van der Waals surface area contributed by atoms with E-state index in [0.717, 1.165) is 0 Å². The van der Waals surface area contributed by atoms with Crippen LogP contribution in [0.25, 0.3) is 0 Å². The van der Waals surface area contributed by atoms with Gasteiger partial charge < -0.3 is 10.2 Å². The van der Waals surface area contributed by atoms with Crippen LogP contribution in [-0.2, 0) is 19.6 Å². The van der Waals surface area contributed by atoms with Crippen molar-refractivity contribution in [2.24, 2.45) is 5.92 Å². The van der Waals surface area contributed by atoms with Gasteiger partial charge in [0.1, 0.15) is 0 Å². The monoisotopic (exact) mass is 449 g/mol. The summed E-state index contributed by atoms with van der Waals surface area (Å²) in [6.45, 7) is 5.55. The highest BCUT2D eigenvalue weighted by Gasteiger charge is 2.35. The van der Waals surface area contributed by atoms with Gasteiger partial charge in [0.15, 0.2) is 0 Å². The topological polar surface area (TPSA) is 95.6 Å². The van der Waals surface area contributed by atoms with Crippen LogP contribution in [0.15, 0.2) is 53.4 Å². The molecule has 2 N–H and O–H groups in total. The van der Waals surface area contributed by atoms with E-state index in [-0.39, 0.29) is 29.7 Å². The highest BCUT2D eigenvalue weighted by atomic mass is 35.5. The van der Waals surface area contributed by atoms with Gasteiger partial charge in [-0.15, -0.1) is 0 Å². The molecule has 30 heavy (non-hydrogen) atoms. The molecule has 1 saturated heterocycles. The van der Waals surface area contributed by atoms with Gasteiger partial charge in [-0.25, -0.2) is 13.1 Å². The maximum absolute atomic E-state index is 12.6. The van der Waals surface area contributed by atoms with E-state index in [2.05, 4.69) is 10.0 Å². The Bertz CT molecular complexity index is 1050. The molecule has 0 radical (unpaired) electrons. The number of carbonyl (C=O) groups excluding carboxylic acids is 2. The van der Waals surface area contributed by atoms with E-state index < -0.39 is 21.5 Å². The van der Waals surface area contributed by atoms with Crippen LogP contribution < -0.4 is 14.9 Å². The second-order valence-corrected chi connectivity index (χ2v) is 10.4. The molecule has 160 valence electrons. The molecule has 9 heteroatoms. The van der Waals surface area contributed by atoms with Crippen molar-refractivity contribution in [3.05, 3.63) is 53.6 Å². The van der Waals surface area contributed by atoms with Gasteiger partial charge in [0.2, 0.25) is 21.8 Å². The van der Waals surface area contributed by atoms with Gasteiger partial charge >= 0.3 is 0 Å². The molecule has 0 aliphatic carbocycles. The van der Waals surface area contributed by atoms with Gasteiger partial charge in [0, 0.05) is 34.9 Å². The van der Waals surface area contributed by atoms with E-state index in [4.69, 9.17) is 11.6 Å². The summed E-state index contributed by atoms with van der Waals surface area (Å²) in [5.74, 6) is -0.922. The van der Waals surface area contributed by atoms with Crippen LogP contribution in [-0.4, -0.2) is 32.3 Å². The van der Waals surface area contributed by atoms with Crippen LogP contribution in [0.2, 0.25) is 5.02 Å². The van der Waals surface area contributed by atoms with Crippen molar-refractivity contribution in [1.29, 1.82) is 0 Å². The standard InChI is InChI=1S/C21H24ClN3O4S/c1-21(2,3)24-30(28,29)18-10-6-16(7-11-18)23-20(27)14-12-19(26)25(13-14)17-8-4-15(22)5-9-17/h4-11,14,24H,12-13H2,1-3H3,(H,23,27)/t14-/m0/s1. The summed E-state index contributed by atoms with van der Waals surface area (Å²) < 4.78 is 27.3. The first kappa shape index (κ1) is 22.3. The lowest BCUT2D eigenvalue weighted by molar-refractivity contribution is -0.122. The number of hydrogen-bond donors (Lipinski definition) is 2. The van der Waals surface area contributed by atoms with E-state index in [0.29, 0.717) is 16.4 Å². The SMILES string of the molecule is CC(C)(C)NS(=O)(=O)c1ccc(NC(=O)[C@H]2CC(=O)N(c3ccc(Cl)cc3)C2)cc1. The normalized spacial score (nSPS) is 17.3. The number of hydrogen-bond acceptors (Lipinski definition) is 4. The number of anilines is 2. The minimum atomic E-state index is -3.65. The molecule has 2 amide bonds. The molecule has 0 bridgehead atoms. The first-order valence-electron chi connectivity index (χ1n) is 9.45. The maximum Gasteiger partial charge on any atom is 0.241 e. The molecule has 7 nitrogen and oxygen atoms in total. The smallest absolute Gasteiger partial charge is 0.241 e. The Kier molecular flexibility index (Phi) is 6.21. The lowest BCUT2D eigenvalue weighted by atomic mass is 10.1. The Hall–Kier alpha value is -2.42. The summed E-state index contributed by atoms with van der Waals surface area (Å²) in [6, 6.07) is 12.8. The van der Waals surface area contributed by atoms with Crippen LogP contribution >= 0.6 is 11.6 Å². The number of amides is 2. The summed E-state index contributed by atoms with van der Waals surface area (Å²) in [5.41, 5.74) is 0.559. The number of rotatable bonds is 5. The molecule has 1 atom stereocenters. The second-order valence-electron chi connectivity index (χ2n) is 8.25. The molecule has 2 aromatic carbocycles. The molecule has 1 aliphatic rings. The Morgan fingerprint density at radius 3 is 2.23 bits per heavy atom. The van der Waals surface area contributed by atoms with Crippen LogP contribution in [0, 0.1) is 5.92 Å². The zero-order valence-electron chi connectivity index (χ0n) is 17.0. The number of nitrogens with one attached hydrogen (secondary N) is 2. The van der Waals surface area contributed by atoms with Crippen LogP contribution in [0.1, 0.15) is 27.2 Å². The molecular weight excluding hydrogens is 426 g/mol. The summed E-state index contributed by atoms with van der Waals surface area (Å²) in [5, 5.41) is 3.33. The molecule has 1 aliphatic heterocycles. The van der Waals surface area contributed by atoms with Crippen molar-refractivity contribution in [2.75, 3.05) is 16.8 Å². The Balaban J connectivity index is 1.65. The van der Waals surface area contributed by atoms with Crippen LogP contribution in [0.4, 0.5) is 11.4 Å². The fraction of sp³-hybridized carbons (Fsp3) is 0.333. The van der Waals surface area contributed by atoms with E-state index in [1.807, 2.05) is 0 Å². The summed E-state index contributed by atoms with van der Waals surface area (Å²) >= 11 is 5.89. The van der Waals surface area contributed by atoms with Gasteiger partial charge in [-0.05, 0) is 69.3 Å². The van der Waals surface area contributed by atoms with E-state index in [9.17, 15) is 18.0 Å². The van der Waals surface area contributed by atoms with Crippen LogP contribution in [0.3, 0.4) is 0 Å². The number of halogens is 1. The maximum atomic E-state index is 12.6. The molecule has 0 unspecified atom stereocenters. The third kappa shape index (κ3) is 5.38. The van der Waals surface area contributed by atoms with Crippen molar-refractivity contribution < 1.29 is 18.0 Å². The lowest BCUT2D eigenvalue weighted by Crippen LogP contribution is -2.40. The Morgan fingerprint density at radius 2 is 1.67 bits per heavy atom. The first-order chi connectivity index (χ1) is 13.9. The van der Waals surface area contributed by atoms with Crippen molar-refractivity contribution in [2.45, 2.75) is 37.6 Å². The van der Waals surface area contributed by atoms with E-state index in [1.54, 1.807) is 49.9 Å². The van der Waals surface area contributed by atoms with E-state index in [1.165, 1.54) is 24.3 Å². The molecule has 0 saturated carbocycles. The Labute approximate surface area is 181 Å². The molecule has 0 spiro atoms. The summed E-state index contributed by atoms with van der Waals surface area (Å²) in [7, 11) is -3.65. The fourth-order valence-electron chi connectivity index (χ4n) is 3.18. The van der Waals surface area contributed by atoms with Crippen molar-refractivity contribution in [3.63, 3.8) is 0 Å². The second kappa shape index (κ2) is 8.37. The third-order valence-electron chi connectivity index (χ3n) is 4.51. The van der Waals surface area contributed by atoms with Crippen molar-refractivity contribution in [3.8, 4) is 0 Å². The lowest BCUT2D eigenvalue weighted by Gasteiger charge is -2.20. The predicted octanol–water partition coefficient (Wildman–Crippen LogP) is 3.41. The van der Waals surface area contributed by atoms with Gasteiger partial charge in [0.25, 0.3) is 0 Å². The molecule has 0 aromatic heterocycles. The van der Waals surface area contributed by atoms with Gasteiger partial charge in [-0.2, -0.15) is 0 Å². The van der Waals surface area contributed by atoms with Gasteiger partial charge in [-0.1, -0.05) is 11.6 Å². The van der Waals surface area contributed by atoms with Crippen molar-refractivity contribution >= 4 is 44.8 Å². The molecule has 1 heterocycles. The number of nitrogens with zero attached hydrogens (tertiary/aromatic N) is 1. The minimum Gasteiger partial charge on any atom is -0.326 e. The average molecular weight is 450 g/mol. The highest BCUT2D eigenvalue weighted by molar-refractivity contribution is 7.89. The third-order valence-corrected chi connectivity index (χ3v) is 6.53. The van der Waals surface area contributed by atoms with Gasteiger partial charge in [0.05, 0.1) is 10.8 Å². The first-order valence-corrected chi connectivity index (χ1v) is 11.3. The molecule has 1 fully saturated rings. The van der Waals surface area contributed by atoms with Gasteiger partial charge in [-0.3, -0.25) is 9.59 Å². The Morgan fingerprint density at radius 1 is 1.07 bits per heavy atom. The fourth-order valence-corrected chi connectivity index (χ4v) is 4.72. The summed E-state index contributed by atoms with van der Waals surface area (Å²) in [6.07, 6.45) is 0.108.